The maximum atomic E-state index is 12.2. The Bertz CT molecular complexity index is 935. The van der Waals surface area contributed by atoms with E-state index < -0.39 is 10.0 Å². The predicted octanol–water partition coefficient (Wildman–Crippen LogP) is 1.92. The third-order valence-electron chi connectivity index (χ3n) is 3.29. The number of rotatable bonds is 6. The zero-order chi connectivity index (χ0) is 18.3. The number of benzene rings is 2. The van der Waals surface area contributed by atoms with Gasteiger partial charge in [-0.1, -0.05) is 18.1 Å². The van der Waals surface area contributed by atoms with Crippen molar-refractivity contribution in [3.63, 3.8) is 0 Å². The molecule has 0 spiro atoms. The van der Waals surface area contributed by atoms with Crippen molar-refractivity contribution in [2.24, 2.45) is 0 Å². The predicted molar refractivity (Wildman–Crippen MR) is 94.2 cm³/mol. The second-order valence-corrected chi connectivity index (χ2v) is 6.81. The van der Waals surface area contributed by atoms with Crippen LogP contribution in [0.3, 0.4) is 0 Å². The Morgan fingerprint density at radius 2 is 1.72 bits per heavy atom. The van der Waals surface area contributed by atoms with Crippen molar-refractivity contribution in [3.05, 3.63) is 59.7 Å². The van der Waals surface area contributed by atoms with Crippen LogP contribution in [-0.2, 0) is 16.4 Å². The van der Waals surface area contributed by atoms with Gasteiger partial charge >= 0.3 is 0 Å². The summed E-state index contributed by atoms with van der Waals surface area (Å²) < 4.78 is 26.1. The van der Waals surface area contributed by atoms with Crippen molar-refractivity contribution < 1.29 is 13.2 Å². The summed E-state index contributed by atoms with van der Waals surface area (Å²) in [6.45, 7) is -0.105. The van der Waals surface area contributed by atoms with Crippen LogP contribution in [0.4, 0.5) is 5.69 Å². The Labute approximate surface area is 146 Å². The van der Waals surface area contributed by atoms with Gasteiger partial charge in [-0.05, 0) is 42.0 Å². The van der Waals surface area contributed by atoms with Crippen molar-refractivity contribution in [3.8, 4) is 18.4 Å². The normalized spacial score (nSPS) is 10.5. The zero-order valence-corrected chi connectivity index (χ0v) is 14.0. The molecule has 2 aromatic carbocycles. The van der Waals surface area contributed by atoms with Crippen molar-refractivity contribution in [1.82, 2.24) is 4.72 Å². The number of nitriles is 1. The minimum atomic E-state index is -3.68. The van der Waals surface area contributed by atoms with Gasteiger partial charge in [0.05, 0.1) is 23.9 Å². The number of hydrogen-bond donors (Lipinski definition) is 2. The van der Waals surface area contributed by atoms with Gasteiger partial charge in [0.2, 0.25) is 10.0 Å². The molecule has 0 radical (unpaired) electrons. The van der Waals surface area contributed by atoms with Gasteiger partial charge in [0.25, 0.3) is 5.91 Å². The fraction of sp³-hybridized carbons (Fsp3) is 0.111. The van der Waals surface area contributed by atoms with Crippen molar-refractivity contribution in [1.29, 1.82) is 5.26 Å². The van der Waals surface area contributed by atoms with E-state index in [1.807, 2.05) is 6.07 Å². The van der Waals surface area contributed by atoms with E-state index in [4.69, 9.17) is 11.7 Å². The van der Waals surface area contributed by atoms with Gasteiger partial charge in [-0.2, -0.15) is 9.98 Å². The molecule has 25 heavy (non-hydrogen) atoms. The molecule has 0 aliphatic carbocycles. The van der Waals surface area contributed by atoms with E-state index in [0.29, 0.717) is 17.7 Å². The molecule has 2 rings (SSSR count). The molecule has 0 aliphatic rings. The molecule has 7 heteroatoms. The molecule has 2 aromatic rings. The molecule has 0 aromatic heterocycles. The Morgan fingerprint density at radius 1 is 1.08 bits per heavy atom. The molecular weight excluding hydrogens is 338 g/mol. The van der Waals surface area contributed by atoms with Gasteiger partial charge in [-0.15, -0.1) is 6.42 Å². The summed E-state index contributed by atoms with van der Waals surface area (Å²) in [4.78, 5) is 12.2. The smallest absolute Gasteiger partial charge is 0.255 e. The summed E-state index contributed by atoms with van der Waals surface area (Å²) in [6, 6.07) is 14.5. The lowest BCUT2D eigenvalue weighted by Crippen LogP contribution is -2.24. The zero-order valence-electron chi connectivity index (χ0n) is 13.2. The molecule has 0 heterocycles. The number of carbonyl (C=O) groups excluding carboxylic acids is 1. The Kier molecular flexibility index (Phi) is 5.91. The van der Waals surface area contributed by atoms with E-state index in [1.54, 1.807) is 24.3 Å². The first kappa shape index (κ1) is 18.2. The van der Waals surface area contributed by atoms with Crippen molar-refractivity contribution in [2.45, 2.75) is 11.3 Å². The highest BCUT2D eigenvalue weighted by Crippen LogP contribution is 2.14. The van der Waals surface area contributed by atoms with Gasteiger partial charge in [0, 0.05) is 11.3 Å². The van der Waals surface area contributed by atoms with Gasteiger partial charge in [0.1, 0.15) is 0 Å². The molecule has 0 unspecified atom stereocenters. The number of nitrogens with zero attached hydrogens (tertiary/aromatic N) is 1. The van der Waals surface area contributed by atoms with Crippen LogP contribution < -0.4 is 10.0 Å². The molecule has 0 atom stereocenters. The minimum absolute atomic E-state index is 0.0279. The third kappa shape index (κ3) is 4.92. The molecule has 0 bridgehead atoms. The van der Waals surface area contributed by atoms with E-state index >= 15 is 0 Å². The first-order valence-electron chi connectivity index (χ1n) is 7.26. The number of terminal acetylenes is 1. The molecule has 6 nitrogen and oxygen atoms in total. The molecule has 2 N–H and O–H groups in total. The standard InChI is InChI=1S/C18H15N3O3S/c1-2-13-20-25(23,24)17-9-5-15(6-10-17)18(22)21-16-7-3-14(4-8-16)11-12-19/h1,3-10,20H,11,13H2,(H,21,22). The lowest BCUT2D eigenvalue weighted by atomic mass is 10.1. The monoisotopic (exact) mass is 353 g/mol. The van der Waals surface area contributed by atoms with Crippen molar-refractivity contribution in [2.75, 3.05) is 11.9 Å². The van der Waals surface area contributed by atoms with Crippen LogP contribution in [0.1, 0.15) is 15.9 Å². The fourth-order valence-corrected chi connectivity index (χ4v) is 2.94. The van der Waals surface area contributed by atoms with Crippen LogP contribution in [0.15, 0.2) is 53.4 Å². The summed E-state index contributed by atoms with van der Waals surface area (Å²) >= 11 is 0. The Morgan fingerprint density at radius 3 is 2.28 bits per heavy atom. The highest BCUT2D eigenvalue weighted by Gasteiger charge is 2.14. The van der Waals surface area contributed by atoms with Crippen LogP contribution in [0.5, 0.6) is 0 Å². The summed E-state index contributed by atoms with van der Waals surface area (Å²) in [5.41, 5.74) is 1.76. The fourth-order valence-electron chi connectivity index (χ4n) is 2.01. The number of anilines is 1. The van der Waals surface area contributed by atoms with Gasteiger partial charge in [-0.25, -0.2) is 8.42 Å². The lowest BCUT2D eigenvalue weighted by Gasteiger charge is -2.07. The Hall–Kier alpha value is -3.13. The SMILES string of the molecule is C#CCNS(=O)(=O)c1ccc(C(=O)Nc2ccc(CC#N)cc2)cc1. The summed E-state index contributed by atoms with van der Waals surface area (Å²) in [7, 11) is -3.68. The van der Waals surface area contributed by atoms with E-state index in [2.05, 4.69) is 16.0 Å². The summed E-state index contributed by atoms with van der Waals surface area (Å²) in [5, 5.41) is 11.3. The van der Waals surface area contributed by atoms with Crippen LogP contribution >= 0.6 is 0 Å². The molecular formula is C18H15N3O3S. The first-order valence-corrected chi connectivity index (χ1v) is 8.75. The largest absolute Gasteiger partial charge is 0.322 e. The van der Waals surface area contributed by atoms with E-state index in [1.165, 1.54) is 24.3 Å². The highest BCUT2D eigenvalue weighted by molar-refractivity contribution is 7.89. The highest BCUT2D eigenvalue weighted by atomic mass is 32.2. The quantitative estimate of drug-likeness (QED) is 0.775. The number of sulfonamides is 1. The minimum Gasteiger partial charge on any atom is -0.322 e. The number of nitrogens with one attached hydrogen (secondary N) is 2. The van der Waals surface area contributed by atoms with Crippen molar-refractivity contribution >= 4 is 21.6 Å². The summed E-state index contributed by atoms with van der Waals surface area (Å²) in [5.74, 6) is 1.82. The van der Waals surface area contributed by atoms with Crippen LogP contribution in [0.25, 0.3) is 0 Å². The second-order valence-electron chi connectivity index (χ2n) is 5.04. The van der Waals surface area contributed by atoms with E-state index in [0.717, 1.165) is 5.56 Å². The van der Waals surface area contributed by atoms with Crippen LogP contribution in [-0.4, -0.2) is 20.9 Å². The number of amides is 1. The van der Waals surface area contributed by atoms with Gasteiger partial charge < -0.3 is 5.32 Å². The van der Waals surface area contributed by atoms with E-state index in [-0.39, 0.29) is 17.3 Å². The molecule has 0 aliphatic heterocycles. The van der Waals surface area contributed by atoms with Crippen LogP contribution in [0.2, 0.25) is 0 Å². The van der Waals surface area contributed by atoms with E-state index in [9.17, 15) is 13.2 Å². The average Bonchev–Trinajstić information content (AvgIpc) is 2.62. The van der Waals surface area contributed by atoms with Crippen LogP contribution in [0, 0.1) is 23.7 Å². The lowest BCUT2D eigenvalue weighted by molar-refractivity contribution is 0.102. The third-order valence-corrected chi connectivity index (χ3v) is 4.70. The average molecular weight is 353 g/mol. The van der Waals surface area contributed by atoms with Gasteiger partial charge in [-0.3, -0.25) is 4.79 Å². The Balaban J connectivity index is 2.08. The first-order chi connectivity index (χ1) is 12.0. The maximum Gasteiger partial charge on any atom is 0.255 e. The molecule has 0 fully saturated rings. The molecule has 0 saturated carbocycles. The number of carbonyl (C=O) groups is 1. The van der Waals surface area contributed by atoms with Gasteiger partial charge in [0.15, 0.2) is 0 Å². The maximum absolute atomic E-state index is 12.2. The second kappa shape index (κ2) is 8.11. The number of hydrogen-bond acceptors (Lipinski definition) is 4. The topological polar surface area (TPSA) is 99.1 Å². The molecule has 126 valence electrons. The molecule has 0 saturated heterocycles. The molecule has 1 amide bonds. The summed E-state index contributed by atoms with van der Waals surface area (Å²) in [6.07, 6.45) is 5.33.